The molecule has 1 aliphatic rings. The van der Waals surface area contributed by atoms with Crippen LogP contribution in [0.3, 0.4) is 0 Å². The Morgan fingerprint density at radius 3 is 2.67 bits per heavy atom. The molecule has 1 unspecified atom stereocenters. The Morgan fingerprint density at radius 2 is 2.05 bits per heavy atom. The Labute approximate surface area is 131 Å². The number of unbranched alkanes of at least 4 members (excludes halogenated alkanes) is 1. The minimum absolute atomic E-state index is 0.0442. The van der Waals surface area contributed by atoms with E-state index in [9.17, 15) is 14.7 Å². The van der Waals surface area contributed by atoms with Gasteiger partial charge in [0, 0.05) is 31.9 Å². The lowest BCUT2D eigenvalue weighted by Crippen LogP contribution is -2.39. The van der Waals surface area contributed by atoms with Crippen LogP contribution in [-0.2, 0) is 14.3 Å². The number of carbonyl (C=O) groups is 2. The van der Waals surface area contributed by atoms with Crippen molar-refractivity contribution in [3.63, 3.8) is 0 Å². The van der Waals surface area contributed by atoms with E-state index in [4.69, 9.17) is 4.74 Å². The molecule has 5 nitrogen and oxygen atoms in total. The predicted octanol–water partition coefficient (Wildman–Crippen LogP) is 2.15. The Hall–Kier alpha value is -0.750. The Morgan fingerprint density at radius 1 is 1.33 bits per heavy atom. The molecule has 0 bridgehead atoms. The van der Waals surface area contributed by atoms with Gasteiger partial charge in [-0.05, 0) is 30.9 Å². The first kappa shape index (κ1) is 18.3. The molecule has 0 aliphatic carbocycles. The highest BCUT2D eigenvalue weighted by atomic mass is 32.2. The van der Waals surface area contributed by atoms with Gasteiger partial charge in [0.25, 0.3) is 0 Å². The van der Waals surface area contributed by atoms with E-state index in [1.54, 1.807) is 11.8 Å². The van der Waals surface area contributed by atoms with Crippen LogP contribution in [0.15, 0.2) is 0 Å². The van der Waals surface area contributed by atoms with Crippen LogP contribution in [0.1, 0.15) is 39.0 Å². The van der Waals surface area contributed by atoms with Gasteiger partial charge in [0.1, 0.15) is 0 Å². The van der Waals surface area contributed by atoms with Gasteiger partial charge in [0.2, 0.25) is 5.91 Å². The largest absolute Gasteiger partial charge is 0.481 e. The molecule has 0 saturated carbocycles. The standard InChI is InChI=1S/C15H27NO4S/c1-2-3-9-21-10-6-14(17)16-11-13(15(18)19)12-4-7-20-8-5-12/h12-13H,2-11H2,1H3,(H,16,17)(H,18,19). The lowest BCUT2D eigenvalue weighted by molar-refractivity contribution is -0.144. The molecule has 0 aromatic heterocycles. The highest BCUT2D eigenvalue weighted by molar-refractivity contribution is 7.99. The zero-order valence-corrected chi connectivity index (χ0v) is 13.6. The summed E-state index contributed by atoms with van der Waals surface area (Å²) in [5, 5.41) is 12.1. The van der Waals surface area contributed by atoms with Gasteiger partial charge >= 0.3 is 5.97 Å². The minimum atomic E-state index is -0.820. The molecule has 1 saturated heterocycles. The average molecular weight is 317 g/mol. The fraction of sp³-hybridized carbons (Fsp3) is 0.867. The maximum absolute atomic E-state index is 11.7. The second-order valence-corrected chi connectivity index (χ2v) is 6.64. The van der Waals surface area contributed by atoms with E-state index in [0.717, 1.165) is 24.3 Å². The fourth-order valence-electron chi connectivity index (χ4n) is 2.40. The molecule has 1 aliphatic heterocycles. The fourth-order valence-corrected chi connectivity index (χ4v) is 3.43. The van der Waals surface area contributed by atoms with Gasteiger partial charge in [0.05, 0.1) is 5.92 Å². The number of rotatable bonds is 10. The van der Waals surface area contributed by atoms with Crippen LogP contribution < -0.4 is 5.32 Å². The molecular weight excluding hydrogens is 290 g/mol. The van der Waals surface area contributed by atoms with E-state index in [-0.39, 0.29) is 18.4 Å². The molecule has 2 N–H and O–H groups in total. The van der Waals surface area contributed by atoms with Crippen LogP contribution in [0.2, 0.25) is 0 Å². The van der Waals surface area contributed by atoms with Gasteiger partial charge in [-0.3, -0.25) is 9.59 Å². The van der Waals surface area contributed by atoms with Crippen molar-refractivity contribution in [2.75, 3.05) is 31.3 Å². The van der Waals surface area contributed by atoms with Crippen LogP contribution in [0, 0.1) is 11.8 Å². The summed E-state index contributed by atoms with van der Waals surface area (Å²) in [7, 11) is 0. The van der Waals surface area contributed by atoms with E-state index in [1.807, 2.05) is 0 Å². The number of aliphatic carboxylic acids is 1. The quantitative estimate of drug-likeness (QED) is 0.604. The van der Waals surface area contributed by atoms with Gasteiger partial charge in [-0.1, -0.05) is 13.3 Å². The Balaban J connectivity index is 2.22. The molecule has 1 heterocycles. The first-order valence-corrected chi connectivity index (χ1v) is 8.95. The van der Waals surface area contributed by atoms with Gasteiger partial charge in [0.15, 0.2) is 0 Å². The number of amides is 1. The van der Waals surface area contributed by atoms with E-state index >= 15 is 0 Å². The maximum atomic E-state index is 11.7. The number of carbonyl (C=O) groups excluding carboxylic acids is 1. The molecule has 0 spiro atoms. The van der Waals surface area contributed by atoms with E-state index in [0.29, 0.717) is 19.6 Å². The number of nitrogens with one attached hydrogen (secondary N) is 1. The molecule has 0 aromatic carbocycles. The van der Waals surface area contributed by atoms with Crippen LogP contribution in [0.25, 0.3) is 0 Å². The molecule has 0 radical (unpaired) electrons. The Bertz CT molecular complexity index is 319. The molecule has 1 fully saturated rings. The number of carboxylic acid groups (broad SMARTS) is 1. The lowest BCUT2D eigenvalue weighted by atomic mass is 9.86. The van der Waals surface area contributed by atoms with Gasteiger partial charge < -0.3 is 15.2 Å². The highest BCUT2D eigenvalue weighted by Crippen LogP contribution is 2.23. The topological polar surface area (TPSA) is 75.6 Å². The van der Waals surface area contributed by atoms with Gasteiger partial charge in [-0.25, -0.2) is 0 Å². The SMILES string of the molecule is CCCCSCCC(=O)NCC(C(=O)O)C1CCOCC1. The van der Waals surface area contributed by atoms with Gasteiger partial charge in [-0.2, -0.15) is 11.8 Å². The van der Waals surface area contributed by atoms with E-state index < -0.39 is 11.9 Å². The zero-order chi connectivity index (χ0) is 15.5. The smallest absolute Gasteiger partial charge is 0.308 e. The van der Waals surface area contributed by atoms with Gasteiger partial charge in [-0.15, -0.1) is 0 Å². The summed E-state index contributed by atoms with van der Waals surface area (Å²) in [6, 6.07) is 0. The molecule has 0 aromatic rings. The van der Waals surface area contributed by atoms with Crippen molar-refractivity contribution in [3.05, 3.63) is 0 Å². The van der Waals surface area contributed by atoms with E-state index in [1.165, 1.54) is 12.8 Å². The lowest BCUT2D eigenvalue weighted by Gasteiger charge is -2.27. The number of thioether (sulfide) groups is 1. The van der Waals surface area contributed by atoms with Crippen molar-refractivity contribution in [3.8, 4) is 0 Å². The Kier molecular flexibility index (Phi) is 9.50. The third kappa shape index (κ3) is 7.71. The van der Waals surface area contributed by atoms with Crippen molar-refractivity contribution in [1.82, 2.24) is 5.32 Å². The summed E-state index contributed by atoms with van der Waals surface area (Å²) in [6.45, 7) is 3.63. The molecule has 1 atom stereocenters. The van der Waals surface area contributed by atoms with Crippen molar-refractivity contribution in [2.45, 2.75) is 39.0 Å². The normalized spacial score (nSPS) is 17.4. The van der Waals surface area contributed by atoms with Crippen LogP contribution >= 0.6 is 11.8 Å². The predicted molar refractivity (Wildman–Crippen MR) is 84.5 cm³/mol. The van der Waals surface area contributed by atoms with Crippen molar-refractivity contribution < 1.29 is 19.4 Å². The van der Waals surface area contributed by atoms with Crippen LogP contribution in [0.4, 0.5) is 0 Å². The molecule has 1 amide bonds. The highest BCUT2D eigenvalue weighted by Gasteiger charge is 2.29. The van der Waals surface area contributed by atoms with E-state index in [2.05, 4.69) is 12.2 Å². The summed E-state index contributed by atoms with van der Waals surface area (Å²) < 4.78 is 5.26. The van der Waals surface area contributed by atoms with Crippen LogP contribution in [0.5, 0.6) is 0 Å². The third-order valence-corrected chi connectivity index (χ3v) is 4.86. The number of carboxylic acids is 1. The maximum Gasteiger partial charge on any atom is 0.308 e. The zero-order valence-electron chi connectivity index (χ0n) is 12.8. The first-order chi connectivity index (χ1) is 10.1. The van der Waals surface area contributed by atoms with Crippen molar-refractivity contribution in [2.24, 2.45) is 11.8 Å². The van der Waals surface area contributed by atoms with Crippen LogP contribution in [-0.4, -0.2) is 48.2 Å². The second kappa shape index (κ2) is 10.9. The number of hydrogen-bond donors (Lipinski definition) is 2. The monoisotopic (exact) mass is 317 g/mol. The summed E-state index contributed by atoms with van der Waals surface area (Å²) in [5.41, 5.74) is 0. The second-order valence-electron chi connectivity index (χ2n) is 5.41. The molecule has 21 heavy (non-hydrogen) atoms. The summed E-state index contributed by atoms with van der Waals surface area (Å²) in [5.74, 6) is 0.641. The third-order valence-electron chi connectivity index (χ3n) is 3.79. The molecule has 1 rings (SSSR count). The first-order valence-electron chi connectivity index (χ1n) is 7.80. The average Bonchev–Trinajstić information content (AvgIpc) is 2.48. The van der Waals surface area contributed by atoms with Crippen molar-refractivity contribution >= 4 is 23.6 Å². The summed E-state index contributed by atoms with van der Waals surface area (Å²) >= 11 is 1.78. The number of hydrogen-bond acceptors (Lipinski definition) is 4. The molecule has 6 heteroatoms. The molecular formula is C15H27NO4S. The summed E-state index contributed by atoms with van der Waals surface area (Å²) in [4.78, 5) is 23.1. The van der Waals surface area contributed by atoms with Crippen molar-refractivity contribution in [1.29, 1.82) is 0 Å². The minimum Gasteiger partial charge on any atom is -0.481 e. The molecule has 122 valence electrons. The summed E-state index contributed by atoms with van der Waals surface area (Å²) in [6.07, 6.45) is 4.34. The number of ether oxygens (including phenoxy) is 1.